The maximum atomic E-state index is 12.7. The van der Waals surface area contributed by atoms with Crippen molar-refractivity contribution in [2.24, 2.45) is 16.6 Å². The lowest BCUT2D eigenvalue weighted by Crippen LogP contribution is -2.45. The van der Waals surface area contributed by atoms with Crippen molar-refractivity contribution in [3.63, 3.8) is 0 Å². The van der Waals surface area contributed by atoms with Crippen molar-refractivity contribution in [3.8, 4) is 11.1 Å². The van der Waals surface area contributed by atoms with Crippen molar-refractivity contribution in [2.45, 2.75) is 64.3 Å². The van der Waals surface area contributed by atoms with E-state index in [-0.39, 0.29) is 40.8 Å². The normalized spacial score (nSPS) is 14.2. The Balaban J connectivity index is 1.18. The third-order valence-electron chi connectivity index (χ3n) is 8.43. The van der Waals surface area contributed by atoms with Crippen LogP contribution in [0.25, 0.3) is 11.1 Å². The molecule has 0 saturated carbocycles. The summed E-state index contributed by atoms with van der Waals surface area (Å²) >= 11 is 5.82. The van der Waals surface area contributed by atoms with Gasteiger partial charge in [0.15, 0.2) is 34.2 Å². The lowest BCUT2D eigenvalue weighted by atomic mass is 9.89. The molecule has 2 amide bonds. The molecule has 14 heteroatoms. The second kappa shape index (κ2) is 18.0. The number of Topliss-reactive ketones (excluding diaryl/α,β-unsaturated/α-hetero) is 2. The molecule has 1 saturated heterocycles. The van der Waals surface area contributed by atoms with Crippen molar-refractivity contribution >= 4 is 52.6 Å². The van der Waals surface area contributed by atoms with E-state index in [9.17, 15) is 19.2 Å². The Morgan fingerprint density at radius 2 is 1.53 bits per heavy atom. The number of hydrogen-bond acceptors (Lipinski definition) is 10. The summed E-state index contributed by atoms with van der Waals surface area (Å²) in [6, 6.07) is 15.7. The van der Waals surface area contributed by atoms with E-state index >= 15 is 0 Å². The first-order valence-corrected chi connectivity index (χ1v) is 16.8. The van der Waals surface area contributed by atoms with Gasteiger partial charge in [-0.1, -0.05) is 60.1 Å². The number of aliphatic imine (C=N–C) groups is 1. The SMILES string of the molecule is CC(=O)C(=O)[C@@H](CC1CCNCC1)NC(=O)CCc1ccc(-c2ccc(CCCCN=C(N)NC(=O)c3nc(Cl)c(N)nc3N)cc2)cc1. The van der Waals surface area contributed by atoms with Crippen LogP contribution in [0.4, 0.5) is 11.6 Å². The smallest absolute Gasteiger partial charge is 0.280 e. The lowest BCUT2D eigenvalue weighted by Gasteiger charge is -2.26. The molecule has 2 heterocycles. The summed E-state index contributed by atoms with van der Waals surface area (Å²) in [4.78, 5) is 61.2. The molecule has 1 aromatic heterocycles. The monoisotopic (exact) mass is 689 g/mol. The van der Waals surface area contributed by atoms with Gasteiger partial charge in [-0.05, 0) is 86.2 Å². The summed E-state index contributed by atoms with van der Waals surface area (Å²) in [6.45, 7) is 3.46. The number of nitrogen functional groups attached to an aromatic ring is 2. The maximum Gasteiger partial charge on any atom is 0.280 e. The number of aryl methyl sites for hydroxylation is 2. The van der Waals surface area contributed by atoms with Gasteiger partial charge in [0.25, 0.3) is 5.91 Å². The number of nitrogens with zero attached hydrogens (tertiary/aromatic N) is 3. The molecule has 1 fully saturated rings. The highest BCUT2D eigenvalue weighted by Crippen LogP contribution is 2.22. The quantitative estimate of drug-likeness (QED) is 0.0593. The molecule has 260 valence electrons. The number of halogens is 1. The van der Waals surface area contributed by atoms with Gasteiger partial charge in [0.1, 0.15) is 0 Å². The second-order valence-corrected chi connectivity index (χ2v) is 12.5. The average Bonchev–Trinajstić information content (AvgIpc) is 3.09. The number of unbranched alkanes of at least 4 members (excludes halogenated alkanes) is 1. The molecule has 1 aliphatic rings. The number of piperidine rings is 1. The minimum atomic E-state index is -0.760. The van der Waals surface area contributed by atoms with Gasteiger partial charge in [-0.15, -0.1) is 0 Å². The van der Waals surface area contributed by atoms with Crippen LogP contribution in [0.5, 0.6) is 0 Å². The number of carbonyl (C=O) groups is 4. The Labute approximate surface area is 290 Å². The molecule has 2 aromatic carbocycles. The largest absolute Gasteiger partial charge is 0.382 e. The van der Waals surface area contributed by atoms with Crippen LogP contribution < -0.4 is 33.2 Å². The predicted octanol–water partition coefficient (Wildman–Crippen LogP) is 2.99. The molecule has 1 aliphatic heterocycles. The van der Waals surface area contributed by atoms with Crippen molar-refractivity contribution in [1.82, 2.24) is 25.9 Å². The predicted molar refractivity (Wildman–Crippen MR) is 191 cm³/mol. The first-order valence-electron chi connectivity index (χ1n) is 16.4. The topological polar surface area (TPSA) is 221 Å². The number of carbonyl (C=O) groups excluding carboxylic acids is 4. The summed E-state index contributed by atoms with van der Waals surface area (Å²) in [5.74, 6) is -1.93. The molecule has 4 rings (SSSR count). The zero-order chi connectivity index (χ0) is 35.3. The summed E-state index contributed by atoms with van der Waals surface area (Å²) in [7, 11) is 0. The minimum Gasteiger partial charge on any atom is -0.382 e. The third kappa shape index (κ3) is 11.4. The molecule has 1 atom stereocenters. The van der Waals surface area contributed by atoms with E-state index in [2.05, 4.69) is 55.2 Å². The second-order valence-electron chi connectivity index (χ2n) is 12.2. The third-order valence-corrected chi connectivity index (χ3v) is 8.70. The summed E-state index contributed by atoms with van der Waals surface area (Å²) in [5.41, 5.74) is 21.2. The number of guanidine groups is 1. The summed E-state index contributed by atoms with van der Waals surface area (Å²) < 4.78 is 0. The van der Waals surface area contributed by atoms with E-state index in [1.165, 1.54) is 12.5 Å². The first-order chi connectivity index (χ1) is 23.5. The Bertz CT molecular complexity index is 1660. The van der Waals surface area contributed by atoms with E-state index in [1.807, 2.05) is 24.3 Å². The highest BCUT2D eigenvalue weighted by atomic mass is 35.5. The first kappa shape index (κ1) is 36.9. The number of rotatable bonds is 15. The number of aromatic nitrogens is 2. The van der Waals surface area contributed by atoms with Crippen molar-refractivity contribution in [2.75, 3.05) is 31.1 Å². The van der Waals surface area contributed by atoms with Gasteiger partial charge in [0, 0.05) is 19.9 Å². The van der Waals surface area contributed by atoms with Crippen LogP contribution in [0, 0.1) is 5.92 Å². The molecule has 0 bridgehead atoms. The van der Waals surface area contributed by atoms with Gasteiger partial charge in [-0.3, -0.25) is 29.5 Å². The fourth-order valence-corrected chi connectivity index (χ4v) is 5.77. The standard InChI is InChI=1S/C35H44ClN9O4/c1-21(46)30(48)27(20-24-15-18-40-19-16-24)42-28(47)14-9-23-7-12-26(13-8-23)25-10-5-22(6-11-25)4-2-3-17-41-35(39)45-34(49)29-32(37)44-33(38)31(36)43-29/h5-8,10-13,24,27,40H,2-4,9,14-20H2,1H3,(H,42,47)(H4,37,38,44)(H3,39,41,45,49)/t27-/m1/s1. The molecule has 9 N–H and O–H groups in total. The molecule has 3 aromatic rings. The lowest BCUT2D eigenvalue weighted by molar-refractivity contribution is -0.138. The molecule has 0 radical (unpaired) electrons. The van der Waals surface area contributed by atoms with Crippen molar-refractivity contribution in [1.29, 1.82) is 0 Å². The molecule has 0 aliphatic carbocycles. The zero-order valence-corrected chi connectivity index (χ0v) is 28.4. The Morgan fingerprint density at radius 3 is 2.14 bits per heavy atom. The van der Waals surface area contributed by atoms with E-state index in [0.29, 0.717) is 25.3 Å². The fourth-order valence-electron chi connectivity index (χ4n) is 5.64. The molecular weight excluding hydrogens is 646 g/mol. The van der Waals surface area contributed by atoms with Gasteiger partial charge in [0.2, 0.25) is 11.7 Å². The van der Waals surface area contributed by atoms with Gasteiger partial charge >= 0.3 is 0 Å². The number of ketones is 2. The number of anilines is 2. The Morgan fingerprint density at radius 1 is 0.918 bits per heavy atom. The Kier molecular flexibility index (Phi) is 13.6. The van der Waals surface area contributed by atoms with Crippen LogP contribution in [-0.2, 0) is 27.2 Å². The highest BCUT2D eigenvalue weighted by Gasteiger charge is 2.28. The number of nitrogens with one attached hydrogen (secondary N) is 3. The average molecular weight is 690 g/mol. The number of nitrogens with two attached hydrogens (primary N) is 3. The minimum absolute atomic E-state index is 0.0597. The van der Waals surface area contributed by atoms with Gasteiger partial charge < -0.3 is 27.8 Å². The molecule has 0 unspecified atom stereocenters. The number of hydrogen-bond donors (Lipinski definition) is 6. The maximum absolute atomic E-state index is 12.7. The van der Waals surface area contributed by atoms with Gasteiger partial charge in [-0.2, -0.15) is 0 Å². The fraction of sp³-hybridized carbons (Fsp3) is 0.400. The van der Waals surface area contributed by atoms with Crippen LogP contribution in [0.1, 0.15) is 67.1 Å². The van der Waals surface area contributed by atoms with Crippen molar-refractivity contribution in [3.05, 3.63) is 70.5 Å². The van der Waals surface area contributed by atoms with E-state index < -0.39 is 23.5 Å². The van der Waals surface area contributed by atoms with Crippen LogP contribution in [0.2, 0.25) is 5.15 Å². The van der Waals surface area contributed by atoms with Crippen LogP contribution in [-0.4, -0.2) is 65.0 Å². The number of amides is 2. The zero-order valence-electron chi connectivity index (χ0n) is 27.6. The summed E-state index contributed by atoms with van der Waals surface area (Å²) in [6.07, 6.45) is 5.62. The molecule has 49 heavy (non-hydrogen) atoms. The van der Waals surface area contributed by atoms with Crippen molar-refractivity contribution < 1.29 is 19.2 Å². The summed E-state index contributed by atoms with van der Waals surface area (Å²) in [5, 5.41) is 8.42. The highest BCUT2D eigenvalue weighted by molar-refractivity contribution is 6.38. The van der Waals surface area contributed by atoms with Crippen LogP contribution in [0.15, 0.2) is 53.5 Å². The van der Waals surface area contributed by atoms with E-state index in [1.54, 1.807) is 0 Å². The molecule has 13 nitrogen and oxygen atoms in total. The van der Waals surface area contributed by atoms with E-state index in [0.717, 1.165) is 61.9 Å². The molecule has 0 spiro atoms. The Hall–Kier alpha value is -4.88. The van der Waals surface area contributed by atoms with Gasteiger partial charge in [-0.25, -0.2) is 9.97 Å². The van der Waals surface area contributed by atoms with Gasteiger partial charge in [0.05, 0.1) is 6.04 Å². The van der Waals surface area contributed by atoms with E-state index in [4.69, 9.17) is 28.8 Å². The number of benzene rings is 2. The van der Waals surface area contributed by atoms with Crippen LogP contribution >= 0.6 is 11.6 Å². The van der Waals surface area contributed by atoms with Crippen LogP contribution in [0.3, 0.4) is 0 Å². The molecular formula is C35H44ClN9O4.